The highest BCUT2D eigenvalue weighted by Crippen LogP contribution is 2.37. The molecule has 23 heavy (non-hydrogen) atoms. The van der Waals surface area contributed by atoms with Crippen molar-refractivity contribution in [2.45, 2.75) is 29.8 Å². The summed E-state index contributed by atoms with van der Waals surface area (Å²) in [6, 6.07) is 2.98. The first-order valence-electron chi connectivity index (χ1n) is 6.92. The van der Waals surface area contributed by atoms with Crippen LogP contribution in [0.2, 0.25) is 0 Å². The molecule has 1 fully saturated rings. The topological polar surface area (TPSA) is 92.7 Å². The number of alkyl halides is 1. The fourth-order valence-corrected chi connectivity index (χ4v) is 3.69. The summed E-state index contributed by atoms with van der Waals surface area (Å²) in [4.78, 5) is 10.6. The fraction of sp³-hybridized carbons (Fsp3) is 0.500. The number of carboxylic acids is 1. The van der Waals surface area contributed by atoms with E-state index in [0.717, 1.165) is 18.2 Å². The lowest BCUT2D eigenvalue weighted by Gasteiger charge is -2.20. The number of rotatable bonds is 6. The summed E-state index contributed by atoms with van der Waals surface area (Å²) < 4.78 is 59.0. The molecule has 1 saturated carbocycles. The maximum absolute atomic E-state index is 14.5. The predicted octanol–water partition coefficient (Wildman–Crippen LogP) is 1.71. The van der Waals surface area contributed by atoms with Gasteiger partial charge in [0.25, 0.3) is 0 Å². The average Bonchev–Trinajstić information content (AvgIpc) is 2.89. The molecule has 0 saturated heterocycles. The summed E-state index contributed by atoms with van der Waals surface area (Å²) in [7, 11) is -2.86. The van der Waals surface area contributed by atoms with E-state index >= 15 is 0 Å². The lowest BCUT2D eigenvalue weighted by molar-refractivity contribution is -0.141. The van der Waals surface area contributed by atoms with Crippen molar-refractivity contribution in [3.8, 4) is 5.75 Å². The molecule has 0 aliphatic heterocycles. The Morgan fingerprint density at radius 3 is 2.78 bits per heavy atom. The van der Waals surface area contributed by atoms with Crippen LogP contribution in [0.1, 0.15) is 19.3 Å². The van der Waals surface area contributed by atoms with E-state index in [0.29, 0.717) is 0 Å². The molecule has 0 unspecified atom stereocenters. The molecule has 2 rings (SSSR count). The van der Waals surface area contributed by atoms with E-state index < -0.39 is 39.9 Å². The SMILES string of the molecule is COc1cc(S(=O)(=O)NC[C@@]2(F)CC[C@@H](C(=O)O)C2)ccc1F. The molecule has 6 nitrogen and oxygen atoms in total. The molecule has 1 aliphatic carbocycles. The molecule has 1 aromatic carbocycles. The molecule has 2 atom stereocenters. The number of nitrogens with one attached hydrogen (secondary N) is 1. The van der Waals surface area contributed by atoms with Crippen molar-refractivity contribution in [3.63, 3.8) is 0 Å². The Hall–Kier alpha value is -1.74. The minimum Gasteiger partial charge on any atom is -0.494 e. The van der Waals surface area contributed by atoms with Gasteiger partial charge in [-0.25, -0.2) is 21.9 Å². The van der Waals surface area contributed by atoms with Crippen LogP contribution in [0.25, 0.3) is 0 Å². The third kappa shape index (κ3) is 3.97. The summed E-state index contributed by atoms with van der Waals surface area (Å²) in [5.74, 6) is -2.85. The summed E-state index contributed by atoms with van der Waals surface area (Å²) in [5.41, 5.74) is -1.90. The van der Waals surface area contributed by atoms with Crippen molar-refractivity contribution in [3.05, 3.63) is 24.0 Å². The van der Waals surface area contributed by atoms with Crippen LogP contribution in [0.3, 0.4) is 0 Å². The molecular weight excluding hydrogens is 332 g/mol. The van der Waals surface area contributed by atoms with Gasteiger partial charge in [0.1, 0.15) is 5.67 Å². The second kappa shape index (κ2) is 6.40. The van der Waals surface area contributed by atoms with Crippen molar-refractivity contribution in [2.75, 3.05) is 13.7 Å². The zero-order chi connectivity index (χ0) is 17.3. The third-order valence-corrected chi connectivity index (χ3v) is 5.31. The zero-order valence-electron chi connectivity index (χ0n) is 12.4. The van der Waals surface area contributed by atoms with Gasteiger partial charge in [-0.2, -0.15) is 0 Å². The minimum atomic E-state index is -4.06. The molecule has 0 aromatic heterocycles. The molecule has 0 amide bonds. The molecular formula is C14H17F2NO5S. The van der Waals surface area contributed by atoms with Crippen molar-refractivity contribution in [1.82, 2.24) is 4.72 Å². The monoisotopic (exact) mass is 349 g/mol. The van der Waals surface area contributed by atoms with Crippen LogP contribution in [0.15, 0.2) is 23.1 Å². The van der Waals surface area contributed by atoms with Gasteiger partial charge in [0.05, 0.1) is 17.9 Å². The Morgan fingerprint density at radius 2 is 2.22 bits per heavy atom. The number of sulfonamides is 1. The number of hydrogen-bond donors (Lipinski definition) is 2. The van der Waals surface area contributed by atoms with Gasteiger partial charge >= 0.3 is 5.97 Å². The Bertz CT molecular complexity index is 709. The second-order valence-corrected chi connectivity index (χ2v) is 7.32. The Morgan fingerprint density at radius 1 is 1.52 bits per heavy atom. The van der Waals surface area contributed by atoms with Crippen molar-refractivity contribution < 1.29 is 31.8 Å². The minimum absolute atomic E-state index is 0.0285. The van der Waals surface area contributed by atoms with Crippen LogP contribution < -0.4 is 9.46 Å². The zero-order valence-corrected chi connectivity index (χ0v) is 13.2. The Kier molecular flexibility index (Phi) is 4.90. The number of carboxylic acid groups (broad SMARTS) is 1. The normalized spacial score (nSPS) is 24.6. The fourth-order valence-electron chi connectivity index (χ4n) is 2.56. The molecule has 0 bridgehead atoms. The number of ether oxygens (including phenoxy) is 1. The first-order valence-corrected chi connectivity index (χ1v) is 8.40. The number of methoxy groups -OCH3 is 1. The highest BCUT2D eigenvalue weighted by molar-refractivity contribution is 7.89. The second-order valence-electron chi connectivity index (χ2n) is 5.55. The number of halogens is 2. The van der Waals surface area contributed by atoms with Gasteiger partial charge in [-0.05, 0) is 31.4 Å². The van der Waals surface area contributed by atoms with Gasteiger partial charge < -0.3 is 9.84 Å². The van der Waals surface area contributed by atoms with Gasteiger partial charge in [0.2, 0.25) is 10.0 Å². The van der Waals surface area contributed by atoms with Crippen LogP contribution in [0.5, 0.6) is 5.75 Å². The molecule has 0 radical (unpaired) electrons. The van der Waals surface area contributed by atoms with Gasteiger partial charge in [0, 0.05) is 12.6 Å². The van der Waals surface area contributed by atoms with E-state index in [1.807, 2.05) is 0 Å². The Balaban J connectivity index is 2.09. The number of aliphatic carboxylic acids is 1. The number of benzene rings is 1. The van der Waals surface area contributed by atoms with E-state index in [2.05, 4.69) is 4.72 Å². The maximum Gasteiger partial charge on any atom is 0.306 e. The lowest BCUT2D eigenvalue weighted by atomic mass is 10.0. The van der Waals surface area contributed by atoms with Crippen LogP contribution in [0.4, 0.5) is 8.78 Å². The first-order chi connectivity index (χ1) is 10.7. The molecule has 0 heterocycles. The average molecular weight is 349 g/mol. The summed E-state index contributed by atoms with van der Waals surface area (Å²) in [6.07, 6.45) is -0.102. The summed E-state index contributed by atoms with van der Waals surface area (Å²) in [5, 5.41) is 8.88. The first kappa shape index (κ1) is 17.6. The predicted molar refractivity (Wildman–Crippen MR) is 77.0 cm³/mol. The van der Waals surface area contributed by atoms with Gasteiger partial charge in [0.15, 0.2) is 11.6 Å². The van der Waals surface area contributed by atoms with E-state index in [1.54, 1.807) is 0 Å². The van der Waals surface area contributed by atoms with Crippen molar-refractivity contribution >= 4 is 16.0 Å². The van der Waals surface area contributed by atoms with E-state index in [4.69, 9.17) is 9.84 Å². The van der Waals surface area contributed by atoms with Crippen LogP contribution >= 0.6 is 0 Å². The van der Waals surface area contributed by atoms with Crippen LogP contribution in [0, 0.1) is 11.7 Å². The van der Waals surface area contributed by atoms with E-state index in [-0.39, 0.29) is 29.9 Å². The molecule has 0 spiro atoms. The Labute approximate surface area is 132 Å². The molecule has 1 aromatic rings. The number of carbonyl (C=O) groups is 1. The van der Waals surface area contributed by atoms with E-state index in [1.165, 1.54) is 7.11 Å². The van der Waals surface area contributed by atoms with Crippen LogP contribution in [-0.4, -0.2) is 38.8 Å². The molecule has 1 aliphatic rings. The summed E-state index contributed by atoms with van der Waals surface area (Å²) >= 11 is 0. The van der Waals surface area contributed by atoms with Crippen molar-refractivity contribution in [1.29, 1.82) is 0 Å². The largest absolute Gasteiger partial charge is 0.494 e. The van der Waals surface area contributed by atoms with Gasteiger partial charge in [-0.3, -0.25) is 4.79 Å². The third-order valence-electron chi connectivity index (χ3n) is 3.91. The van der Waals surface area contributed by atoms with Gasteiger partial charge in [-0.1, -0.05) is 0 Å². The van der Waals surface area contributed by atoms with Crippen LogP contribution in [-0.2, 0) is 14.8 Å². The highest BCUT2D eigenvalue weighted by Gasteiger charge is 2.43. The summed E-state index contributed by atoms with van der Waals surface area (Å²) in [6.45, 7) is -0.529. The number of hydrogen-bond acceptors (Lipinski definition) is 4. The maximum atomic E-state index is 14.5. The molecule has 9 heteroatoms. The molecule has 128 valence electrons. The van der Waals surface area contributed by atoms with Crippen molar-refractivity contribution in [2.24, 2.45) is 5.92 Å². The van der Waals surface area contributed by atoms with E-state index in [9.17, 15) is 22.0 Å². The standard InChI is InChI=1S/C14H17F2NO5S/c1-22-12-6-10(2-3-11(12)15)23(20,21)17-8-14(16)5-4-9(7-14)13(18)19/h2-3,6,9,17H,4-5,7-8H2,1H3,(H,18,19)/t9-,14-/m1/s1. The lowest BCUT2D eigenvalue weighted by Crippen LogP contribution is -2.38. The highest BCUT2D eigenvalue weighted by atomic mass is 32.2. The smallest absolute Gasteiger partial charge is 0.306 e. The molecule has 2 N–H and O–H groups in total. The van der Waals surface area contributed by atoms with Gasteiger partial charge in [-0.15, -0.1) is 0 Å². The quantitative estimate of drug-likeness (QED) is 0.815.